The van der Waals surface area contributed by atoms with E-state index in [0.29, 0.717) is 23.4 Å². The van der Waals surface area contributed by atoms with E-state index in [1.54, 1.807) is 31.4 Å². The van der Waals surface area contributed by atoms with Crippen molar-refractivity contribution in [3.63, 3.8) is 0 Å². The predicted molar refractivity (Wildman–Crippen MR) is 76.3 cm³/mol. The Balaban J connectivity index is 2.26. The lowest BCUT2D eigenvalue weighted by molar-refractivity contribution is 0.415. The molecule has 0 saturated heterocycles. The number of nitrogens with zero attached hydrogens (tertiary/aromatic N) is 2. The average molecular weight is 272 g/mol. The van der Waals surface area contributed by atoms with Gasteiger partial charge in [0.1, 0.15) is 22.9 Å². The Bertz CT molecular complexity index is 622. The molecule has 5 heteroatoms. The monoisotopic (exact) mass is 272 g/mol. The smallest absolute Gasteiger partial charge is 0.149 e. The van der Waals surface area contributed by atoms with Crippen molar-refractivity contribution < 1.29 is 14.9 Å². The SMILES string of the molecule is CCc1c(O)ccc(N=Nc2ccc(OC)cc2)c1O. The van der Waals surface area contributed by atoms with Crippen LogP contribution in [0, 0.1) is 0 Å². The minimum atomic E-state index is -0.0373. The van der Waals surface area contributed by atoms with Gasteiger partial charge < -0.3 is 14.9 Å². The van der Waals surface area contributed by atoms with Crippen LogP contribution in [0.1, 0.15) is 12.5 Å². The lowest BCUT2D eigenvalue weighted by Crippen LogP contribution is -1.83. The van der Waals surface area contributed by atoms with Gasteiger partial charge in [0.15, 0.2) is 0 Å². The summed E-state index contributed by atoms with van der Waals surface area (Å²) in [4.78, 5) is 0. The van der Waals surface area contributed by atoms with Gasteiger partial charge in [-0.05, 0) is 42.8 Å². The molecular formula is C15H16N2O3. The van der Waals surface area contributed by atoms with E-state index in [-0.39, 0.29) is 11.5 Å². The molecule has 0 aromatic heterocycles. The van der Waals surface area contributed by atoms with E-state index in [0.717, 1.165) is 5.75 Å². The summed E-state index contributed by atoms with van der Waals surface area (Å²) in [5.41, 5.74) is 1.45. The molecule has 0 spiro atoms. The summed E-state index contributed by atoms with van der Waals surface area (Å²) in [7, 11) is 1.59. The van der Waals surface area contributed by atoms with Crippen LogP contribution in [0.3, 0.4) is 0 Å². The highest BCUT2D eigenvalue weighted by Gasteiger charge is 2.10. The Kier molecular flexibility index (Phi) is 4.20. The molecule has 0 bridgehead atoms. The molecule has 2 rings (SSSR count). The van der Waals surface area contributed by atoms with Gasteiger partial charge in [-0.3, -0.25) is 0 Å². The van der Waals surface area contributed by atoms with Crippen molar-refractivity contribution in [2.45, 2.75) is 13.3 Å². The number of rotatable bonds is 4. The van der Waals surface area contributed by atoms with E-state index in [1.807, 2.05) is 6.92 Å². The van der Waals surface area contributed by atoms with Crippen molar-refractivity contribution in [1.82, 2.24) is 0 Å². The van der Waals surface area contributed by atoms with Crippen molar-refractivity contribution in [2.24, 2.45) is 10.2 Å². The lowest BCUT2D eigenvalue weighted by Gasteiger charge is -2.06. The van der Waals surface area contributed by atoms with Crippen LogP contribution >= 0.6 is 0 Å². The molecule has 2 aromatic carbocycles. The van der Waals surface area contributed by atoms with E-state index in [2.05, 4.69) is 10.2 Å². The second-order valence-electron chi connectivity index (χ2n) is 4.18. The second kappa shape index (κ2) is 6.06. The molecular weight excluding hydrogens is 256 g/mol. The fourth-order valence-electron chi connectivity index (χ4n) is 1.80. The Morgan fingerprint density at radius 2 is 1.70 bits per heavy atom. The minimum Gasteiger partial charge on any atom is -0.508 e. The van der Waals surface area contributed by atoms with E-state index in [4.69, 9.17) is 4.74 Å². The quantitative estimate of drug-likeness (QED) is 0.823. The van der Waals surface area contributed by atoms with E-state index >= 15 is 0 Å². The Hall–Kier alpha value is -2.56. The van der Waals surface area contributed by atoms with Crippen LogP contribution in [0.15, 0.2) is 46.6 Å². The summed E-state index contributed by atoms with van der Waals surface area (Å²) in [5, 5.41) is 27.7. The standard InChI is InChI=1S/C15H16N2O3/c1-3-12-14(18)9-8-13(15(12)19)17-16-10-4-6-11(20-2)7-5-10/h4-9,18-19H,3H2,1-2H3. The van der Waals surface area contributed by atoms with Gasteiger partial charge in [-0.15, -0.1) is 5.11 Å². The first-order valence-electron chi connectivity index (χ1n) is 6.25. The third-order valence-corrected chi connectivity index (χ3v) is 2.94. The van der Waals surface area contributed by atoms with Gasteiger partial charge in [0.25, 0.3) is 0 Å². The maximum absolute atomic E-state index is 10.00. The van der Waals surface area contributed by atoms with Crippen LogP contribution < -0.4 is 4.74 Å². The number of aromatic hydroxyl groups is 2. The minimum absolute atomic E-state index is 0.0373. The summed E-state index contributed by atoms with van der Waals surface area (Å²) < 4.78 is 5.05. The van der Waals surface area contributed by atoms with Gasteiger partial charge >= 0.3 is 0 Å². The summed E-state index contributed by atoms with van der Waals surface area (Å²) in [6.07, 6.45) is 0.517. The van der Waals surface area contributed by atoms with Crippen LogP contribution in [0.2, 0.25) is 0 Å². The average Bonchev–Trinajstić information content (AvgIpc) is 2.47. The third-order valence-electron chi connectivity index (χ3n) is 2.94. The first-order chi connectivity index (χ1) is 9.65. The number of phenolic OH excluding ortho intramolecular Hbond substituents is 2. The first kappa shape index (κ1) is 13.9. The van der Waals surface area contributed by atoms with Crippen molar-refractivity contribution in [3.05, 3.63) is 42.0 Å². The zero-order chi connectivity index (χ0) is 14.5. The number of methoxy groups -OCH3 is 1. The van der Waals surface area contributed by atoms with Gasteiger partial charge in [0.05, 0.1) is 12.8 Å². The number of azo groups is 1. The molecule has 0 fully saturated rings. The molecule has 0 radical (unpaired) electrons. The fourth-order valence-corrected chi connectivity index (χ4v) is 1.80. The highest BCUT2D eigenvalue weighted by atomic mass is 16.5. The maximum atomic E-state index is 10.00. The Morgan fingerprint density at radius 3 is 2.30 bits per heavy atom. The molecule has 2 aromatic rings. The molecule has 0 aliphatic heterocycles. The van der Waals surface area contributed by atoms with Crippen molar-refractivity contribution in [1.29, 1.82) is 0 Å². The first-order valence-corrected chi connectivity index (χ1v) is 6.25. The van der Waals surface area contributed by atoms with E-state index < -0.39 is 0 Å². The van der Waals surface area contributed by atoms with Crippen LogP contribution in [0.4, 0.5) is 11.4 Å². The highest BCUT2D eigenvalue weighted by Crippen LogP contribution is 2.37. The molecule has 5 nitrogen and oxygen atoms in total. The highest BCUT2D eigenvalue weighted by molar-refractivity contribution is 5.60. The second-order valence-corrected chi connectivity index (χ2v) is 4.18. The number of benzene rings is 2. The van der Waals surface area contributed by atoms with Crippen molar-refractivity contribution in [2.75, 3.05) is 7.11 Å². The van der Waals surface area contributed by atoms with Gasteiger partial charge in [-0.2, -0.15) is 5.11 Å². The summed E-state index contributed by atoms with van der Waals surface area (Å²) in [5.74, 6) is 0.767. The largest absolute Gasteiger partial charge is 0.508 e. The Morgan fingerprint density at radius 1 is 1.00 bits per heavy atom. The zero-order valence-electron chi connectivity index (χ0n) is 11.4. The van der Waals surface area contributed by atoms with E-state index in [9.17, 15) is 10.2 Å². The number of ether oxygens (including phenoxy) is 1. The fraction of sp³-hybridized carbons (Fsp3) is 0.200. The van der Waals surface area contributed by atoms with Gasteiger partial charge in [-0.1, -0.05) is 6.92 Å². The van der Waals surface area contributed by atoms with Gasteiger partial charge in [0.2, 0.25) is 0 Å². The lowest BCUT2D eigenvalue weighted by atomic mass is 10.1. The zero-order valence-corrected chi connectivity index (χ0v) is 11.4. The molecule has 0 saturated carbocycles. The molecule has 0 heterocycles. The van der Waals surface area contributed by atoms with Crippen molar-refractivity contribution >= 4 is 11.4 Å². The van der Waals surface area contributed by atoms with Crippen LogP contribution in [-0.4, -0.2) is 17.3 Å². The molecule has 0 aliphatic carbocycles. The molecule has 2 N–H and O–H groups in total. The maximum Gasteiger partial charge on any atom is 0.149 e. The third kappa shape index (κ3) is 2.88. The van der Waals surface area contributed by atoms with Crippen molar-refractivity contribution in [3.8, 4) is 17.2 Å². The normalized spacial score (nSPS) is 10.9. The molecule has 0 atom stereocenters. The number of hydrogen-bond donors (Lipinski definition) is 2. The summed E-state index contributed by atoms with van der Waals surface area (Å²) in [6.45, 7) is 1.85. The summed E-state index contributed by atoms with van der Waals surface area (Å²) >= 11 is 0. The molecule has 0 unspecified atom stereocenters. The molecule has 0 amide bonds. The van der Waals surface area contributed by atoms with E-state index in [1.165, 1.54) is 12.1 Å². The molecule has 104 valence electrons. The van der Waals surface area contributed by atoms with Crippen LogP contribution in [-0.2, 0) is 6.42 Å². The number of phenols is 2. The van der Waals surface area contributed by atoms with Crippen LogP contribution in [0.5, 0.6) is 17.2 Å². The number of hydrogen-bond acceptors (Lipinski definition) is 5. The van der Waals surface area contributed by atoms with Gasteiger partial charge in [-0.25, -0.2) is 0 Å². The van der Waals surface area contributed by atoms with Gasteiger partial charge in [0, 0.05) is 5.56 Å². The van der Waals surface area contributed by atoms with Crippen LogP contribution in [0.25, 0.3) is 0 Å². The topological polar surface area (TPSA) is 74.4 Å². The Labute approximate surface area is 117 Å². The predicted octanol–water partition coefficient (Wildman–Crippen LogP) is 4.08. The summed E-state index contributed by atoms with van der Waals surface area (Å²) in [6, 6.07) is 10.1. The molecule has 20 heavy (non-hydrogen) atoms. The molecule has 0 aliphatic rings.